The summed E-state index contributed by atoms with van der Waals surface area (Å²) in [5, 5.41) is 13.3. The van der Waals surface area contributed by atoms with Crippen molar-refractivity contribution in [3.63, 3.8) is 0 Å². The van der Waals surface area contributed by atoms with Crippen LogP contribution in [0.3, 0.4) is 0 Å². The van der Waals surface area contributed by atoms with E-state index in [-0.39, 0.29) is 24.3 Å². The molecule has 2 aliphatic rings. The molecule has 0 bridgehead atoms. The summed E-state index contributed by atoms with van der Waals surface area (Å²) in [7, 11) is 0. The Kier molecular flexibility index (Phi) is 5.03. The van der Waals surface area contributed by atoms with Crippen LogP contribution in [0.4, 0.5) is 16.2 Å². The largest absolute Gasteiger partial charge is 0.372 e. The smallest absolute Gasteiger partial charge is 0.319 e. The minimum Gasteiger partial charge on any atom is -0.372 e. The quantitative estimate of drug-likeness (QED) is 0.777. The van der Waals surface area contributed by atoms with Gasteiger partial charge < -0.3 is 20.3 Å². The van der Waals surface area contributed by atoms with Gasteiger partial charge in [-0.3, -0.25) is 5.10 Å². The molecule has 3 atom stereocenters. The highest BCUT2D eigenvalue weighted by atomic mass is 16.5. The van der Waals surface area contributed by atoms with E-state index in [9.17, 15) is 4.79 Å². The summed E-state index contributed by atoms with van der Waals surface area (Å²) in [6, 6.07) is 7.91. The number of nitrogens with one attached hydrogen (secondary N) is 3. The van der Waals surface area contributed by atoms with E-state index < -0.39 is 0 Å². The fraction of sp³-hybridized carbons (Fsp3) is 0.500. The highest BCUT2D eigenvalue weighted by Crippen LogP contribution is 2.28. The Hall–Kier alpha value is -2.54. The molecule has 3 N–H and O–H groups in total. The number of H-pyrrole nitrogens is 1. The summed E-state index contributed by atoms with van der Waals surface area (Å²) in [4.78, 5) is 14.9. The molecule has 2 heterocycles. The molecule has 2 amide bonds. The first-order valence-electron chi connectivity index (χ1n) is 9.66. The number of benzene rings is 1. The van der Waals surface area contributed by atoms with Crippen LogP contribution in [-0.4, -0.2) is 47.6 Å². The SMILES string of the molecule is CC1CN(c2ccccc2NC(=O)NC2CCc3cn[nH]c3C2)CC(C)O1. The highest BCUT2D eigenvalue weighted by molar-refractivity contribution is 5.93. The zero-order chi connectivity index (χ0) is 18.8. The summed E-state index contributed by atoms with van der Waals surface area (Å²) in [5.41, 5.74) is 4.25. The predicted octanol–water partition coefficient (Wildman–Crippen LogP) is 2.70. The number of amides is 2. The van der Waals surface area contributed by atoms with Crippen LogP contribution in [0, 0.1) is 0 Å². The van der Waals surface area contributed by atoms with Crippen molar-refractivity contribution >= 4 is 17.4 Å². The molecular weight excluding hydrogens is 342 g/mol. The van der Waals surface area contributed by atoms with Crippen LogP contribution >= 0.6 is 0 Å². The molecule has 1 aliphatic carbocycles. The predicted molar refractivity (Wildman–Crippen MR) is 105 cm³/mol. The first-order chi connectivity index (χ1) is 13.1. The second-order valence-electron chi connectivity index (χ2n) is 7.59. The summed E-state index contributed by atoms with van der Waals surface area (Å²) < 4.78 is 5.83. The molecule has 4 rings (SSSR count). The molecule has 7 nitrogen and oxygen atoms in total. The van der Waals surface area contributed by atoms with Gasteiger partial charge in [-0.15, -0.1) is 0 Å². The van der Waals surface area contributed by atoms with Crippen LogP contribution in [0.15, 0.2) is 30.5 Å². The van der Waals surface area contributed by atoms with Crippen molar-refractivity contribution in [2.45, 2.75) is 51.4 Å². The van der Waals surface area contributed by atoms with Crippen molar-refractivity contribution in [2.24, 2.45) is 0 Å². The van der Waals surface area contributed by atoms with Crippen LogP contribution in [0.2, 0.25) is 0 Å². The second kappa shape index (κ2) is 7.60. The highest BCUT2D eigenvalue weighted by Gasteiger charge is 2.25. The van der Waals surface area contributed by atoms with Crippen molar-refractivity contribution in [3.8, 4) is 0 Å². The average Bonchev–Trinajstić information content (AvgIpc) is 3.09. The molecular formula is C20H27N5O2. The third-order valence-corrected chi connectivity index (χ3v) is 5.27. The third kappa shape index (κ3) is 4.08. The van der Waals surface area contributed by atoms with Crippen molar-refractivity contribution in [2.75, 3.05) is 23.3 Å². The fourth-order valence-corrected chi connectivity index (χ4v) is 4.10. The summed E-state index contributed by atoms with van der Waals surface area (Å²) in [5.74, 6) is 0. The van der Waals surface area contributed by atoms with Crippen LogP contribution < -0.4 is 15.5 Å². The molecule has 3 unspecified atom stereocenters. The molecule has 0 saturated carbocycles. The van der Waals surface area contributed by atoms with E-state index in [2.05, 4.69) is 45.6 Å². The van der Waals surface area contributed by atoms with Gasteiger partial charge in [0.2, 0.25) is 0 Å². The lowest BCUT2D eigenvalue weighted by atomic mass is 9.94. The number of nitrogens with zero attached hydrogens (tertiary/aromatic N) is 2. The maximum absolute atomic E-state index is 12.6. The zero-order valence-electron chi connectivity index (χ0n) is 15.9. The molecule has 1 aromatic heterocycles. The number of anilines is 2. The number of rotatable bonds is 3. The maximum atomic E-state index is 12.6. The molecule has 144 valence electrons. The van der Waals surface area contributed by atoms with Gasteiger partial charge in [-0.05, 0) is 44.4 Å². The van der Waals surface area contributed by atoms with Crippen molar-refractivity contribution in [1.82, 2.24) is 15.5 Å². The lowest BCUT2D eigenvalue weighted by Gasteiger charge is -2.37. The minimum atomic E-state index is -0.162. The molecule has 2 aromatic rings. The maximum Gasteiger partial charge on any atom is 0.319 e. The first-order valence-corrected chi connectivity index (χ1v) is 9.66. The molecule has 1 saturated heterocycles. The van der Waals surface area contributed by atoms with E-state index in [1.165, 1.54) is 5.56 Å². The number of carbonyl (C=O) groups is 1. The third-order valence-electron chi connectivity index (χ3n) is 5.27. The van der Waals surface area contributed by atoms with Crippen LogP contribution in [0.1, 0.15) is 31.5 Å². The van der Waals surface area contributed by atoms with Crippen LogP contribution in [0.5, 0.6) is 0 Å². The lowest BCUT2D eigenvalue weighted by Crippen LogP contribution is -2.46. The van der Waals surface area contributed by atoms with E-state index in [1.54, 1.807) is 0 Å². The molecule has 27 heavy (non-hydrogen) atoms. The molecule has 0 spiro atoms. The van der Waals surface area contributed by atoms with Gasteiger partial charge in [0.1, 0.15) is 0 Å². The number of aryl methyl sites for hydroxylation is 1. The van der Waals surface area contributed by atoms with E-state index in [4.69, 9.17) is 4.74 Å². The standard InChI is InChI=1S/C20H27N5O2/c1-13-11-25(12-14(2)27-13)19-6-4-3-5-17(19)23-20(26)22-16-8-7-15-10-21-24-18(15)9-16/h3-6,10,13-14,16H,7-9,11-12H2,1-2H3,(H,21,24)(H2,22,23,26). The van der Waals surface area contributed by atoms with E-state index in [0.29, 0.717) is 0 Å². The number of ether oxygens (including phenoxy) is 1. The molecule has 1 aliphatic heterocycles. The van der Waals surface area contributed by atoms with Crippen LogP contribution in [0.25, 0.3) is 0 Å². The van der Waals surface area contributed by atoms with Gasteiger partial charge in [-0.2, -0.15) is 5.10 Å². The zero-order valence-corrected chi connectivity index (χ0v) is 15.9. The molecule has 1 fully saturated rings. The van der Waals surface area contributed by atoms with E-state index in [1.807, 2.05) is 24.4 Å². The number of hydrogen-bond acceptors (Lipinski definition) is 4. The number of urea groups is 1. The average molecular weight is 369 g/mol. The van der Waals surface area contributed by atoms with Gasteiger partial charge in [-0.1, -0.05) is 12.1 Å². The lowest BCUT2D eigenvalue weighted by molar-refractivity contribution is -0.00517. The van der Waals surface area contributed by atoms with E-state index in [0.717, 1.165) is 49.4 Å². The Morgan fingerprint density at radius 3 is 2.85 bits per heavy atom. The van der Waals surface area contributed by atoms with Gasteiger partial charge in [0.05, 0.1) is 29.8 Å². The monoisotopic (exact) mass is 369 g/mol. The summed E-state index contributed by atoms with van der Waals surface area (Å²) in [6.45, 7) is 5.79. The van der Waals surface area contributed by atoms with Gasteiger partial charge in [-0.25, -0.2) is 4.79 Å². The first kappa shape index (κ1) is 17.9. The minimum absolute atomic E-state index is 0.119. The summed E-state index contributed by atoms with van der Waals surface area (Å²) >= 11 is 0. The number of carbonyl (C=O) groups excluding carboxylic acids is 1. The van der Waals surface area contributed by atoms with Gasteiger partial charge in [0.25, 0.3) is 0 Å². The number of morpholine rings is 1. The number of hydrogen-bond donors (Lipinski definition) is 3. The Morgan fingerprint density at radius 2 is 2.04 bits per heavy atom. The van der Waals surface area contributed by atoms with Crippen LogP contribution in [-0.2, 0) is 17.6 Å². The fourth-order valence-electron chi connectivity index (χ4n) is 4.10. The topological polar surface area (TPSA) is 82.3 Å². The molecule has 7 heteroatoms. The van der Waals surface area contributed by atoms with Crippen molar-refractivity contribution < 1.29 is 9.53 Å². The molecule has 1 aromatic carbocycles. The second-order valence-corrected chi connectivity index (χ2v) is 7.59. The number of aromatic nitrogens is 2. The Morgan fingerprint density at radius 1 is 1.26 bits per heavy atom. The number of para-hydroxylation sites is 2. The summed E-state index contributed by atoms with van der Waals surface area (Å²) in [6.07, 6.45) is 4.88. The molecule has 0 radical (unpaired) electrons. The van der Waals surface area contributed by atoms with Crippen molar-refractivity contribution in [1.29, 1.82) is 0 Å². The Bertz CT molecular complexity index is 795. The Balaban J connectivity index is 1.41. The van der Waals surface area contributed by atoms with E-state index >= 15 is 0 Å². The number of aromatic amines is 1. The van der Waals surface area contributed by atoms with Gasteiger partial charge >= 0.3 is 6.03 Å². The van der Waals surface area contributed by atoms with Crippen molar-refractivity contribution in [3.05, 3.63) is 41.7 Å². The normalized spacial score (nSPS) is 25.0. The Labute approximate surface area is 159 Å². The number of fused-ring (bicyclic) bond motifs is 1. The van der Waals surface area contributed by atoms with Gasteiger partial charge in [0, 0.05) is 31.2 Å². The van der Waals surface area contributed by atoms with Gasteiger partial charge in [0.15, 0.2) is 0 Å².